The van der Waals surface area contributed by atoms with Crippen LogP contribution < -0.4 is 5.32 Å². The Bertz CT molecular complexity index is 1200. The minimum absolute atomic E-state index is 0.178. The highest BCUT2D eigenvalue weighted by Crippen LogP contribution is 2.65. The first kappa shape index (κ1) is 17.4. The molecule has 1 amide bonds. The van der Waals surface area contributed by atoms with E-state index < -0.39 is 9.84 Å². The molecule has 3 aromatic rings. The molecule has 0 spiro atoms. The van der Waals surface area contributed by atoms with E-state index in [0.29, 0.717) is 16.8 Å². The zero-order valence-electron chi connectivity index (χ0n) is 15.6. The van der Waals surface area contributed by atoms with Crippen LogP contribution >= 0.6 is 0 Å². The molecule has 0 saturated heterocycles. The van der Waals surface area contributed by atoms with Crippen molar-refractivity contribution in [1.29, 1.82) is 0 Å². The SMILES string of the molecule is CS(=O)(=O)c1cccc(NC(=O)c2c3ccccc3nn2CC23CC(C2)C3)c1. The lowest BCUT2D eigenvalue weighted by Crippen LogP contribution is -2.54. The number of anilines is 1. The number of carbonyl (C=O) groups is 1. The van der Waals surface area contributed by atoms with E-state index in [1.807, 2.05) is 28.9 Å². The lowest BCUT2D eigenvalue weighted by molar-refractivity contribution is -0.120. The van der Waals surface area contributed by atoms with Crippen molar-refractivity contribution >= 4 is 32.3 Å². The van der Waals surface area contributed by atoms with Crippen LogP contribution in [0, 0.1) is 11.3 Å². The summed E-state index contributed by atoms with van der Waals surface area (Å²) >= 11 is 0. The standard InChI is InChI=1S/C21H21N3O3S/c1-28(26,27)16-6-4-5-15(9-16)22-20(25)19-17-7-2-3-8-18(17)23-24(19)13-21-10-14(11-21)12-21/h2-9,14H,10-13H2,1H3,(H,22,25). The molecule has 144 valence electrons. The monoisotopic (exact) mass is 395 g/mol. The normalized spacial score (nSPS) is 23.1. The van der Waals surface area contributed by atoms with E-state index in [2.05, 4.69) is 10.4 Å². The van der Waals surface area contributed by atoms with Crippen LogP contribution in [-0.4, -0.2) is 30.4 Å². The number of nitrogens with one attached hydrogen (secondary N) is 1. The minimum atomic E-state index is -3.34. The van der Waals surface area contributed by atoms with Crippen LogP contribution in [0.3, 0.4) is 0 Å². The molecule has 2 bridgehead atoms. The first-order valence-electron chi connectivity index (χ1n) is 9.40. The van der Waals surface area contributed by atoms with E-state index in [1.54, 1.807) is 12.1 Å². The van der Waals surface area contributed by atoms with Crippen LogP contribution in [0.1, 0.15) is 29.8 Å². The predicted octanol–water partition coefficient (Wildman–Crippen LogP) is 3.49. The molecule has 3 fully saturated rings. The van der Waals surface area contributed by atoms with Gasteiger partial charge < -0.3 is 5.32 Å². The average Bonchev–Trinajstić information content (AvgIpc) is 2.94. The predicted molar refractivity (Wildman–Crippen MR) is 107 cm³/mol. The fraction of sp³-hybridized carbons (Fsp3) is 0.333. The van der Waals surface area contributed by atoms with Gasteiger partial charge in [0.05, 0.1) is 10.4 Å². The van der Waals surface area contributed by atoms with Crippen molar-refractivity contribution in [3.8, 4) is 0 Å². The van der Waals surface area contributed by atoms with Crippen molar-refractivity contribution in [1.82, 2.24) is 9.78 Å². The van der Waals surface area contributed by atoms with E-state index in [1.165, 1.54) is 31.4 Å². The first-order chi connectivity index (χ1) is 13.3. The van der Waals surface area contributed by atoms with Crippen molar-refractivity contribution in [3.63, 3.8) is 0 Å². The van der Waals surface area contributed by atoms with Gasteiger partial charge in [0, 0.05) is 23.9 Å². The summed E-state index contributed by atoms with van der Waals surface area (Å²) in [6.45, 7) is 0.754. The Morgan fingerprint density at radius 1 is 1.18 bits per heavy atom. The number of amides is 1. The number of hydrogen-bond donors (Lipinski definition) is 1. The summed E-state index contributed by atoms with van der Waals surface area (Å²) in [7, 11) is -3.34. The Hall–Kier alpha value is -2.67. The number of benzene rings is 2. The lowest BCUT2D eigenvalue weighted by atomic mass is 9.44. The molecule has 6 nitrogen and oxygen atoms in total. The molecular weight excluding hydrogens is 374 g/mol. The van der Waals surface area contributed by atoms with Gasteiger partial charge in [0.1, 0.15) is 5.69 Å². The van der Waals surface area contributed by atoms with E-state index >= 15 is 0 Å². The van der Waals surface area contributed by atoms with Crippen LogP contribution in [0.15, 0.2) is 53.4 Å². The van der Waals surface area contributed by atoms with Gasteiger partial charge in [-0.05, 0) is 54.9 Å². The summed E-state index contributed by atoms with van der Waals surface area (Å²) in [5.41, 5.74) is 2.09. The Kier molecular flexibility index (Phi) is 3.68. The van der Waals surface area contributed by atoms with Crippen LogP contribution in [0.2, 0.25) is 0 Å². The molecule has 1 heterocycles. The number of carbonyl (C=O) groups excluding carboxylic acids is 1. The maximum atomic E-state index is 13.2. The van der Waals surface area contributed by atoms with E-state index in [-0.39, 0.29) is 10.8 Å². The molecule has 3 aliphatic carbocycles. The van der Waals surface area contributed by atoms with Gasteiger partial charge in [0.25, 0.3) is 5.91 Å². The number of aromatic nitrogens is 2. The quantitative estimate of drug-likeness (QED) is 0.717. The van der Waals surface area contributed by atoms with Crippen LogP contribution in [0.25, 0.3) is 10.9 Å². The van der Waals surface area contributed by atoms with Gasteiger partial charge in [0.2, 0.25) is 0 Å². The van der Waals surface area contributed by atoms with Crippen LogP contribution in [0.5, 0.6) is 0 Å². The van der Waals surface area contributed by atoms with Gasteiger partial charge >= 0.3 is 0 Å². The average molecular weight is 395 g/mol. The van der Waals surface area contributed by atoms with E-state index in [0.717, 1.165) is 29.6 Å². The molecule has 2 aromatic carbocycles. The second-order valence-corrected chi connectivity index (χ2v) is 10.3. The summed E-state index contributed by atoms with van der Waals surface area (Å²) in [5.74, 6) is 0.590. The minimum Gasteiger partial charge on any atom is -0.321 e. The van der Waals surface area contributed by atoms with Gasteiger partial charge in [-0.15, -0.1) is 0 Å². The van der Waals surface area contributed by atoms with Gasteiger partial charge in [-0.1, -0.05) is 24.3 Å². The first-order valence-corrected chi connectivity index (χ1v) is 11.3. The molecular formula is C21H21N3O3S. The molecule has 0 atom stereocenters. The highest BCUT2D eigenvalue weighted by Gasteiger charge is 2.56. The largest absolute Gasteiger partial charge is 0.321 e. The molecule has 0 unspecified atom stereocenters. The zero-order chi connectivity index (χ0) is 19.5. The molecule has 3 saturated carbocycles. The molecule has 0 aliphatic heterocycles. The molecule has 1 N–H and O–H groups in total. The third kappa shape index (κ3) is 2.81. The van der Waals surface area contributed by atoms with Gasteiger partial charge in [-0.2, -0.15) is 5.10 Å². The van der Waals surface area contributed by atoms with Crippen molar-refractivity contribution in [2.24, 2.45) is 11.3 Å². The van der Waals surface area contributed by atoms with E-state index in [9.17, 15) is 13.2 Å². The summed E-state index contributed by atoms with van der Waals surface area (Å²) in [4.78, 5) is 13.3. The van der Waals surface area contributed by atoms with E-state index in [4.69, 9.17) is 0 Å². The molecule has 0 radical (unpaired) electrons. The smallest absolute Gasteiger partial charge is 0.274 e. The van der Waals surface area contributed by atoms with Crippen molar-refractivity contribution in [3.05, 3.63) is 54.2 Å². The highest BCUT2D eigenvalue weighted by molar-refractivity contribution is 7.90. The third-order valence-electron chi connectivity index (χ3n) is 6.03. The third-order valence-corrected chi connectivity index (χ3v) is 7.14. The summed E-state index contributed by atoms with van der Waals surface area (Å²) < 4.78 is 25.4. The van der Waals surface area contributed by atoms with Crippen molar-refractivity contribution in [2.75, 3.05) is 11.6 Å². The number of sulfone groups is 1. The van der Waals surface area contributed by atoms with Gasteiger partial charge in [0.15, 0.2) is 9.84 Å². The number of nitrogens with zero attached hydrogens (tertiary/aromatic N) is 2. The van der Waals surface area contributed by atoms with Gasteiger partial charge in [-0.25, -0.2) is 8.42 Å². The second kappa shape index (κ2) is 5.91. The number of hydrogen-bond acceptors (Lipinski definition) is 4. The molecule has 28 heavy (non-hydrogen) atoms. The second-order valence-electron chi connectivity index (χ2n) is 8.26. The Balaban J connectivity index is 1.50. The number of rotatable bonds is 5. The summed E-state index contributed by atoms with van der Waals surface area (Å²) in [6.07, 6.45) is 4.82. The summed E-state index contributed by atoms with van der Waals surface area (Å²) in [5, 5.41) is 8.35. The molecule has 7 heteroatoms. The topological polar surface area (TPSA) is 81.1 Å². The Morgan fingerprint density at radius 2 is 1.93 bits per heavy atom. The van der Waals surface area contributed by atoms with Crippen LogP contribution in [0.4, 0.5) is 5.69 Å². The fourth-order valence-corrected chi connectivity index (χ4v) is 5.26. The maximum Gasteiger partial charge on any atom is 0.274 e. The lowest BCUT2D eigenvalue weighted by Gasteiger charge is -2.61. The maximum absolute atomic E-state index is 13.2. The molecule has 6 rings (SSSR count). The summed E-state index contributed by atoms with van der Waals surface area (Å²) in [6, 6.07) is 14.0. The highest BCUT2D eigenvalue weighted by atomic mass is 32.2. The van der Waals surface area contributed by atoms with Crippen molar-refractivity contribution in [2.45, 2.75) is 30.7 Å². The fourth-order valence-electron chi connectivity index (χ4n) is 4.60. The Labute approximate surface area is 163 Å². The number of fused-ring (bicyclic) bond motifs is 1. The van der Waals surface area contributed by atoms with Gasteiger partial charge in [-0.3, -0.25) is 9.48 Å². The Morgan fingerprint density at radius 3 is 2.61 bits per heavy atom. The molecule has 3 aliphatic rings. The zero-order valence-corrected chi connectivity index (χ0v) is 16.4. The van der Waals surface area contributed by atoms with Crippen LogP contribution in [-0.2, 0) is 16.4 Å². The molecule has 1 aromatic heterocycles. The van der Waals surface area contributed by atoms with Crippen molar-refractivity contribution < 1.29 is 13.2 Å².